The Morgan fingerprint density at radius 2 is 1.74 bits per heavy atom. The molecule has 2 aromatic carbocycles. The van der Waals surface area contributed by atoms with E-state index in [-0.39, 0.29) is 11.7 Å². The number of aromatic hydroxyl groups is 1. The van der Waals surface area contributed by atoms with Crippen LogP contribution in [-0.4, -0.2) is 29.0 Å². The Morgan fingerprint density at radius 3 is 2.43 bits per heavy atom. The molecule has 0 aliphatic carbocycles. The summed E-state index contributed by atoms with van der Waals surface area (Å²) in [5.74, 6) is 0.272. The fourth-order valence-corrected chi connectivity index (χ4v) is 2.95. The van der Waals surface area contributed by atoms with Crippen LogP contribution in [-0.2, 0) is 0 Å². The first-order valence-electron chi connectivity index (χ1n) is 8.02. The molecule has 0 spiro atoms. The molecule has 118 valence electrons. The van der Waals surface area contributed by atoms with E-state index >= 15 is 0 Å². The van der Waals surface area contributed by atoms with Gasteiger partial charge in [0, 0.05) is 18.7 Å². The summed E-state index contributed by atoms with van der Waals surface area (Å²) < 4.78 is 0. The highest BCUT2D eigenvalue weighted by Crippen LogP contribution is 2.27. The molecule has 1 aliphatic heterocycles. The van der Waals surface area contributed by atoms with Crippen molar-refractivity contribution in [2.24, 2.45) is 0 Å². The van der Waals surface area contributed by atoms with Gasteiger partial charge in [-0.1, -0.05) is 42.5 Å². The van der Waals surface area contributed by atoms with Crippen molar-refractivity contribution in [3.8, 4) is 5.75 Å². The van der Waals surface area contributed by atoms with E-state index in [1.54, 1.807) is 12.1 Å². The molecule has 1 heterocycles. The zero-order valence-corrected chi connectivity index (χ0v) is 13.3. The van der Waals surface area contributed by atoms with Crippen LogP contribution < -0.4 is 0 Å². The van der Waals surface area contributed by atoms with E-state index in [1.165, 1.54) is 0 Å². The summed E-state index contributed by atoms with van der Waals surface area (Å²) in [5, 5.41) is 10.0. The fraction of sp³-hybridized carbons (Fsp3) is 0.250. The van der Waals surface area contributed by atoms with Crippen molar-refractivity contribution in [2.45, 2.75) is 19.8 Å². The minimum absolute atomic E-state index is 0.0540. The normalized spacial score (nSPS) is 14.6. The molecule has 1 amide bonds. The molecular formula is C20H21NO2. The highest BCUT2D eigenvalue weighted by Gasteiger charge is 2.22. The molecule has 0 aromatic heterocycles. The van der Waals surface area contributed by atoms with Gasteiger partial charge >= 0.3 is 0 Å². The maximum Gasteiger partial charge on any atom is 0.254 e. The third-order valence-electron chi connectivity index (χ3n) is 4.35. The summed E-state index contributed by atoms with van der Waals surface area (Å²) in [6.07, 6.45) is 6.03. The monoisotopic (exact) mass is 307 g/mol. The van der Waals surface area contributed by atoms with Crippen LogP contribution in [0.15, 0.2) is 42.5 Å². The number of rotatable bonds is 3. The van der Waals surface area contributed by atoms with Gasteiger partial charge in [-0.25, -0.2) is 0 Å². The number of nitrogens with zero attached hydrogens (tertiary/aromatic N) is 1. The van der Waals surface area contributed by atoms with Crippen molar-refractivity contribution in [3.63, 3.8) is 0 Å². The number of hydrogen-bond acceptors (Lipinski definition) is 2. The topological polar surface area (TPSA) is 40.5 Å². The molecule has 3 nitrogen and oxygen atoms in total. The smallest absolute Gasteiger partial charge is 0.254 e. The number of benzene rings is 2. The van der Waals surface area contributed by atoms with Crippen LogP contribution >= 0.6 is 0 Å². The largest absolute Gasteiger partial charge is 0.508 e. The summed E-state index contributed by atoms with van der Waals surface area (Å²) >= 11 is 0. The first-order chi connectivity index (χ1) is 11.2. The molecule has 0 bridgehead atoms. The minimum atomic E-state index is 0.0540. The second kappa shape index (κ2) is 6.69. The summed E-state index contributed by atoms with van der Waals surface area (Å²) in [6.45, 7) is 3.49. The Balaban J connectivity index is 1.98. The molecular weight excluding hydrogens is 286 g/mol. The summed E-state index contributed by atoms with van der Waals surface area (Å²) in [5.41, 5.74) is 3.26. The fourth-order valence-electron chi connectivity index (χ4n) is 2.95. The van der Waals surface area contributed by atoms with Gasteiger partial charge in [-0.2, -0.15) is 0 Å². The molecule has 0 saturated carbocycles. The second-order valence-electron chi connectivity index (χ2n) is 5.91. The van der Waals surface area contributed by atoms with Gasteiger partial charge in [0.2, 0.25) is 0 Å². The predicted octanol–water partition coefficient (Wildman–Crippen LogP) is 4.11. The first-order valence-corrected chi connectivity index (χ1v) is 8.02. The van der Waals surface area contributed by atoms with Crippen molar-refractivity contribution in [2.75, 3.05) is 13.1 Å². The van der Waals surface area contributed by atoms with E-state index in [0.717, 1.165) is 42.6 Å². The number of carbonyl (C=O) groups is 1. The lowest BCUT2D eigenvalue weighted by Crippen LogP contribution is -2.28. The van der Waals surface area contributed by atoms with E-state index in [4.69, 9.17) is 0 Å². The molecule has 0 unspecified atom stereocenters. The number of amides is 1. The molecule has 23 heavy (non-hydrogen) atoms. The Kier molecular flexibility index (Phi) is 4.47. The zero-order valence-electron chi connectivity index (χ0n) is 13.3. The van der Waals surface area contributed by atoms with Crippen LogP contribution in [0.1, 0.15) is 39.9 Å². The lowest BCUT2D eigenvalue weighted by atomic mass is 9.98. The van der Waals surface area contributed by atoms with Gasteiger partial charge in [-0.15, -0.1) is 0 Å². The quantitative estimate of drug-likeness (QED) is 0.867. The molecule has 3 rings (SSSR count). The van der Waals surface area contributed by atoms with Gasteiger partial charge in [0.15, 0.2) is 0 Å². The van der Waals surface area contributed by atoms with E-state index < -0.39 is 0 Å². The first kappa shape index (κ1) is 15.3. The van der Waals surface area contributed by atoms with Gasteiger partial charge in [0.05, 0.1) is 0 Å². The highest BCUT2D eigenvalue weighted by molar-refractivity contribution is 5.99. The second-order valence-corrected chi connectivity index (χ2v) is 5.91. The maximum absolute atomic E-state index is 12.8. The van der Waals surface area contributed by atoms with Gasteiger partial charge < -0.3 is 10.0 Å². The van der Waals surface area contributed by atoms with Crippen molar-refractivity contribution < 1.29 is 9.90 Å². The summed E-state index contributed by atoms with van der Waals surface area (Å²) in [4.78, 5) is 14.6. The lowest BCUT2D eigenvalue weighted by Gasteiger charge is -2.18. The standard InChI is InChI=1S/C20H21NO2/c1-15-17(10-9-16-7-3-2-4-8-16)18(11-12-19(15)22)20(23)21-13-5-6-14-21/h2-4,7-12,22H,5-6,13-14H2,1H3/b10-9+. The van der Waals surface area contributed by atoms with Crippen molar-refractivity contribution in [1.82, 2.24) is 4.90 Å². The average Bonchev–Trinajstić information content (AvgIpc) is 3.11. The van der Waals surface area contributed by atoms with E-state index in [1.807, 2.05) is 54.3 Å². The third kappa shape index (κ3) is 3.29. The third-order valence-corrected chi connectivity index (χ3v) is 4.35. The molecule has 3 heteroatoms. The summed E-state index contributed by atoms with van der Waals surface area (Å²) in [6, 6.07) is 13.3. The van der Waals surface area contributed by atoms with Crippen molar-refractivity contribution >= 4 is 18.1 Å². The van der Waals surface area contributed by atoms with Crippen molar-refractivity contribution in [3.05, 3.63) is 64.7 Å². The Morgan fingerprint density at radius 1 is 1.04 bits per heavy atom. The predicted molar refractivity (Wildman–Crippen MR) is 93.4 cm³/mol. The Hall–Kier alpha value is -2.55. The van der Waals surface area contributed by atoms with Crippen LogP contribution in [0.2, 0.25) is 0 Å². The molecule has 1 N–H and O–H groups in total. The van der Waals surface area contributed by atoms with E-state index in [2.05, 4.69) is 0 Å². The average molecular weight is 307 g/mol. The molecule has 1 aliphatic rings. The number of carbonyl (C=O) groups excluding carboxylic acids is 1. The van der Waals surface area contributed by atoms with Crippen LogP contribution in [0.3, 0.4) is 0 Å². The summed E-state index contributed by atoms with van der Waals surface area (Å²) in [7, 11) is 0. The SMILES string of the molecule is Cc1c(O)ccc(C(=O)N2CCCC2)c1/C=C/c1ccccc1. The van der Waals surface area contributed by atoms with Crippen LogP contribution in [0.5, 0.6) is 5.75 Å². The number of phenolic OH excluding ortho intramolecular Hbond substituents is 1. The van der Waals surface area contributed by atoms with Gasteiger partial charge in [-0.3, -0.25) is 4.79 Å². The Bertz CT molecular complexity index is 729. The van der Waals surface area contributed by atoms with Crippen LogP contribution in [0.25, 0.3) is 12.2 Å². The number of hydrogen-bond donors (Lipinski definition) is 1. The lowest BCUT2D eigenvalue weighted by molar-refractivity contribution is 0.0792. The van der Waals surface area contributed by atoms with Crippen molar-refractivity contribution in [1.29, 1.82) is 0 Å². The molecule has 1 fully saturated rings. The van der Waals surface area contributed by atoms with Crippen LogP contribution in [0, 0.1) is 6.92 Å². The molecule has 2 aromatic rings. The minimum Gasteiger partial charge on any atom is -0.508 e. The van der Waals surface area contributed by atoms with E-state index in [9.17, 15) is 9.90 Å². The maximum atomic E-state index is 12.8. The molecule has 0 atom stereocenters. The van der Waals surface area contributed by atoms with Gasteiger partial charge in [-0.05, 0) is 48.6 Å². The zero-order chi connectivity index (χ0) is 16.2. The highest BCUT2D eigenvalue weighted by atomic mass is 16.3. The Labute approximate surface area is 136 Å². The van der Waals surface area contributed by atoms with E-state index in [0.29, 0.717) is 5.56 Å². The van der Waals surface area contributed by atoms with Gasteiger partial charge in [0.1, 0.15) is 5.75 Å². The molecule has 0 radical (unpaired) electrons. The van der Waals surface area contributed by atoms with Gasteiger partial charge in [0.25, 0.3) is 5.91 Å². The number of likely N-dealkylation sites (tertiary alicyclic amines) is 1. The molecule has 1 saturated heterocycles. The van der Waals surface area contributed by atoms with Crippen LogP contribution in [0.4, 0.5) is 0 Å². The number of phenols is 1.